The first-order chi connectivity index (χ1) is 11.1. The van der Waals surface area contributed by atoms with Gasteiger partial charge in [0.1, 0.15) is 5.69 Å². The van der Waals surface area contributed by atoms with Crippen molar-refractivity contribution in [1.82, 2.24) is 15.1 Å². The molecule has 4 heteroatoms. The zero-order chi connectivity index (χ0) is 16.4. The Morgan fingerprint density at radius 1 is 1.39 bits per heavy atom. The number of H-pyrrole nitrogens is 1. The van der Waals surface area contributed by atoms with Crippen LogP contribution in [0, 0.1) is 12.8 Å². The minimum Gasteiger partial charge on any atom is -0.330 e. The molecule has 1 amide bonds. The van der Waals surface area contributed by atoms with Gasteiger partial charge in [0.25, 0.3) is 5.91 Å². The molecule has 1 aliphatic rings. The Labute approximate surface area is 137 Å². The molecule has 1 aromatic carbocycles. The summed E-state index contributed by atoms with van der Waals surface area (Å²) in [6.45, 7) is 7.25. The van der Waals surface area contributed by atoms with Crippen LogP contribution in [-0.4, -0.2) is 27.5 Å². The summed E-state index contributed by atoms with van der Waals surface area (Å²) < 4.78 is 0. The van der Waals surface area contributed by atoms with Gasteiger partial charge in [-0.05, 0) is 49.3 Å². The van der Waals surface area contributed by atoms with Crippen molar-refractivity contribution in [2.24, 2.45) is 5.92 Å². The van der Waals surface area contributed by atoms with Gasteiger partial charge in [-0.2, -0.15) is 5.10 Å². The third-order valence-electron chi connectivity index (χ3n) is 4.54. The fraction of sp³-hybridized carbons (Fsp3) is 0.474. The monoisotopic (exact) mass is 311 g/mol. The number of aromatic amines is 1. The number of rotatable bonds is 4. The third-order valence-corrected chi connectivity index (χ3v) is 4.54. The molecule has 0 radical (unpaired) electrons. The average molecular weight is 311 g/mol. The van der Waals surface area contributed by atoms with Crippen LogP contribution in [0.3, 0.4) is 0 Å². The Balaban J connectivity index is 1.81. The maximum atomic E-state index is 12.9. The van der Waals surface area contributed by atoms with Crippen LogP contribution in [0.2, 0.25) is 0 Å². The number of aromatic nitrogens is 2. The Hall–Kier alpha value is -2.10. The van der Waals surface area contributed by atoms with Crippen molar-refractivity contribution >= 4 is 5.91 Å². The lowest BCUT2D eigenvalue weighted by atomic mass is 9.99. The zero-order valence-corrected chi connectivity index (χ0v) is 14.2. The molecule has 1 atom stereocenters. The zero-order valence-electron chi connectivity index (χ0n) is 14.2. The average Bonchev–Trinajstić information content (AvgIpc) is 3.15. The second-order valence-corrected chi connectivity index (χ2v) is 6.89. The Kier molecular flexibility index (Phi) is 4.51. The van der Waals surface area contributed by atoms with Crippen molar-refractivity contribution in [2.75, 3.05) is 6.54 Å². The van der Waals surface area contributed by atoms with Crippen molar-refractivity contribution in [3.05, 3.63) is 52.8 Å². The van der Waals surface area contributed by atoms with E-state index in [2.05, 4.69) is 49.2 Å². The summed E-state index contributed by atoms with van der Waals surface area (Å²) in [7, 11) is 0. The normalized spacial score (nSPS) is 17.9. The molecule has 23 heavy (non-hydrogen) atoms. The summed E-state index contributed by atoms with van der Waals surface area (Å²) in [5, 5.41) is 7.26. The van der Waals surface area contributed by atoms with E-state index in [0.29, 0.717) is 11.6 Å². The quantitative estimate of drug-likeness (QED) is 0.931. The van der Waals surface area contributed by atoms with Gasteiger partial charge in [0.15, 0.2) is 0 Å². The molecule has 4 nitrogen and oxygen atoms in total. The molecule has 1 fully saturated rings. The predicted molar refractivity (Wildman–Crippen MR) is 91.3 cm³/mol. The number of carbonyl (C=O) groups excluding carboxylic acids is 1. The van der Waals surface area contributed by atoms with Crippen LogP contribution >= 0.6 is 0 Å². The van der Waals surface area contributed by atoms with Crippen LogP contribution < -0.4 is 0 Å². The number of nitrogens with one attached hydrogen (secondary N) is 1. The molecular weight excluding hydrogens is 286 g/mol. The van der Waals surface area contributed by atoms with Gasteiger partial charge in [-0.3, -0.25) is 9.89 Å². The maximum Gasteiger partial charge on any atom is 0.274 e. The minimum atomic E-state index is 0.0435. The second kappa shape index (κ2) is 6.57. The molecule has 0 saturated carbocycles. The number of benzene rings is 1. The predicted octanol–water partition coefficient (Wildman–Crippen LogP) is 3.89. The molecule has 122 valence electrons. The standard InChI is InChI=1S/C19H25N3O/c1-13(2)11-15-12-17(21-20-15)19(23)22-10-6-9-18(22)16-8-5-4-7-14(16)3/h4-5,7-8,12-13,18H,6,9-11H2,1-3H3,(H,20,21). The fourth-order valence-corrected chi connectivity index (χ4v) is 3.46. The Bertz CT molecular complexity index is 689. The van der Waals surface area contributed by atoms with Gasteiger partial charge in [-0.25, -0.2) is 0 Å². The van der Waals surface area contributed by atoms with E-state index in [9.17, 15) is 4.79 Å². The summed E-state index contributed by atoms with van der Waals surface area (Å²) in [5.74, 6) is 0.590. The van der Waals surface area contributed by atoms with E-state index in [-0.39, 0.29) is 11.9 Å². The number of carbonyl (C=O) groups is 1. The first-order valence-corrected chi connectivity index (χ1v) is 8.47. The van der Waals surface area contributed by atoms with Gasteiger partial charge >= 0.3 is 0 Å². The molecule has 3 rings (SSSR count). The highest BCUT2D eigenvalue weighted by Gasteiger charge is 2.32. The lowest BCUT2D eigenvalue weighted by Crippen LogP contribution is -2.31. The lowest BCUT2D eigenvalue weighted by molar-refractivity contribution is 0.0729. The number of aryl methyl sites for hydroxylation is 1. The van der Waals surface area contributed by atoms with Crippen molar-refractivity contribution in [1.29, 1.82) is 0 Å². The molecule has 1 unspecified atom stereocenters. The minimum absolute atomic E-state index is 0.0435. The Morgan fingerprint density at radius 3 is 2.91 bits per heavy atom. The molecule has 0 bridgehead atoms. The molecule has 1 saturated heterocycles. The summed E-state index contributed by atoms with van der Waals surface area (Å²) in [6.07, 6.45) is 3.00. The van der Waals surface area contributed by atoms with E-state index in [0.717, 1.165) is 31.5 Å². The van der Waals surface area contributed by atoms with E-state index in [1.165, 1.54) is 11.1 Å². The number of hydrogen-bond acceptors (Lipinski definition) is 2. The van der Waals surface area contributed by atoms with E-state index < -0.39 is 0 Å². The first kappa shape index (κ1) is 15.8. The van der Waals surface area contributed by atoms with Gasteiger partial charge in [0, 0.05) is 12.2 Å². The molecule has 0 spiro atoms. The highest BCUT2D eigenvalue weighted by Crippen LogP contribution is 2.34. The largest absolute Gasteiger partial charge is 0.330 e. The number of likely N-dealkylation sites (tertiary alicyclic amines) is 1. The highest BCUT2D eigenvalue weighted by molar-refractivity contribution is 5.93. The maximum absolute atomic E-state index is 12.9. The van der Waals surface area contributed by atoms with Gasteiger partial charge in [0.2, 0.25) is 0 Å². The summed E-state index contributed by atoms with van der Waals surface area (Å²) in [5.41, 5.74) is 4.09. The van der Waals surface area contributed by atoms with Crippen LogP contribution in [0.5, 0.6) is 0 Å². The van der Waals surface area contributed by atoms with E-state index in [4.69, 9.17) is 0 Å². The van der Waals surface area contributed by atoms with Crippen LogP contribution in [-0.2, 0) is 6.42 Å². The van der Waals surface area contributed by atoms with Crippen LogP contribution in [0.25, 0.3) is 0 Å². The van der Waals surface area contributed by atoms with Crippen LogP contribution in [0.15, 0.2) is 30.3 Å². The van der Waals surface area contributed by atoms with E-state index in [1.807, 2.05) is 17.0 Å². The third kappa shape index (κ3) is 3.31. The van der Waals surface area contributed by atoms with E-state index in [1.54, 1.807) is 0 Å². The molecule has 1 aliphatic heterocycles. The second-order valence-electron chi connectivity index (χ2n) is 6.89. The molecule has 1 N–H and O–H groups in total. The van der Waals surface area contributed by atoms with Crippen LogP contribution in [0.4, 0.5) is 0 Å². The molecule has 2 aromatic rings. The highest BCUT2D eigenvalue weighted by atomic mass is 16.2. The topological polar surface area (TPSA) is 49.0 Å². The summed E-state index contributed by atoms with van der Waals surface area (Å²) in [6, 6.07) is 10.4. The van der Waals surface area contributed by atoms with Gasteiger partial charge in [-0.1, -0.05) is 38.1 Å². The fourth-order valence-electron chi connectivity index (χ4n) is 3.46. The van der Waals surface area contributed by atoms with Crippen molar-refractivity contribution in [2.45, 2.75) is 46.1 Å². The van der Waals surface area contributed by atoms with Crippen molar-refractivity contribution in [3.63, 3.8) is 0 Å². The van der Waals surface area contributed by atoms with Crippen molar-refractivity contribution in [3.8, 4) is 0 Å². The molecular formula is C19H25N3O. The molecule has 2 heterocycles. The number of nitrogens with zero attached hydrogens (tertiary/aromatic N) is 2. The molecule has 1 aromatic heterocycles. The van der Waals surface area contributed by atoms with Crippen molar-refractivity contribution < 1.29 is 4.79 Å². The number of hydrogen-bond donors (Lipinski definition) is 1. The summed E-state index contributed by atoms with van der Waals surface area (Å²) in [4.78, 5) is 14.9. The smallest absolute Gasteiger partial charge is 0.274 e. The first-order valence-electron chi connectivity index (χ1n) is 8.47. The van der Waals surface area contributed by atoms with Crippen LogP contribution in [0.1, 0.15) is 60.0 Å². The van der Waals surface area contributed by atoms with Gasteiger partial charge < -0.3 is 4.90 Å². The lowest BCUT2D eigenvalue weighted by Gasteiger charge is -2.25. The SMILES string of the molecule is Cc1ccccc1C1CCCN1C(=O)c1cc(CC(C)C)[nH]n1. The molecule has 0 aliphatic carbocycles. The summed E-state index contributed by atoms with van der Waals surface area (Å²) >= 11 is 0. The number of amides is 1. The van der Waals surface area contributed by atoms with E-state index >= 15 is 0 Å². The van der Waals surface area contributed by atoms with Gasteiger partial charge in [0.05, 0.1) is 6.04 Å². The van der Waals surface area contributed by atoms with Gasteiger partial charge in [-0.15, -0.1) is 0 Å². The Morgan fingerprint density at radius 2 is 2.17 bits per heavy atom.